The van der Waals surface area contributed by atoms with Crippen molar-refractivity contribution in [3.8, 4) is 11.5 Å². The molecule has 1 saturated heterocycles. The van der Waals surface area contributed by atoms with E-state index in [0.717, 1.165) is 34.4 Å². The molecule has 0 bridgehead atoms. The number of carbonyl (C=O) groups excluding carboxylic acids is 3. The summed E-state index contributed by atoms with van der Waals surface area (Å²) in [6, 6.07) is 12.6. The Balaban J connectivity index is 1.48. The third-order valence-corrected chi connectivity index (χ3v) is 6.24. The molecule has 0 unspecified atom stereocenters. The summed E-state index contributed by atoms with van der Waals surface area (Å²) >= 11 is 0. The normalized spacial score (nSPS) is 19.5. The van der Waals surface area contributed by atoms with E-state index in [2.05, 4.69) is 5.32 Å². The Labute approximate surface area is 187 Å². The van der Waals surface area contributed by atoms with E-state index in [1.165, 1.54) is 4.90 Å². The van der Waals surface area contributed by atoms with Gasteiger partial charge < -0.3 is 19.7 Å². The van der Waals surface area contributed by atoms with Crippen molar-refractivity contribution in [2.45, 2.75) is 31.3 Å². The van der Waals surface area contributed by atoms with Crippen LogP contribution >= 0.6 is 0 Å². The molecule has 1 heterocycles. The molecule has 32 heavy (non-hydrogen) atoms. The van der Waals surface area contributed by atoms with Crippen LogP contribution in [0.25, 0.3) is 0 Å². The fourth-order valence-corrected chi connectivity index (χ4v) is 4.55. The van der Waals surface area contributed by atoms with Gasteiger partial charge in [0.2, 0.25) is 5.91 Å². The van der Waals surface area contributed by atoms with E-state index in [9.17, 15) is 14.4 Å². The number of carbonyl (C=O) groups is 3. The zero-order valence-corrected chi connectivity index (χ0v) is 18.5. The van der Waals surface area contributed by atoms with Gasteiger partial charge in [-0.05, 0) is 48.1 Å². The maximum Gasteiger partial charge on any atom is 0.325 e. The van der Waals surface area contributed by atoms with Crippen LogP contribution in [0, 0.1) is 0 Å². The summed E-state index contributed by atoms with van der Waals surface area (Å²) in [6.45, 7) is -0.00478. The molecule has 2 aromatic rings. The number of aryl methyl sites for hydroxylation is 1. The van der Waals surface area contributed by atoms with Gasteiger partial charge in [-0.1, -0.05) is 30.3 Å². The first-order valence-electron chi connectivity index (χ1n) is 10.6. The van der Waals surface area contributed by atoms with Gasteiger partial charge in [-0.25, -0.2) is 4.79 Å². The molecule has 1 aliphatic heterocycles. The van der Waals surface area contributed by atoms with Crippen molar-refractivity contribution in [3.05, 3.63) is 59.2 Å². The first kappa shape index (κ1) is 21.7. The summed E-state index contributed by atoms with van der Waals surface area (Å²) < 4.78 is 10.6. The molecule has 4 rings (SSSR count). The monoisotopic (exact) mass is 437 g/mol. The number of likely N-dealkylation sites (N-methyl/N-ethyl adjacent to an activating group) is 1. The molecule has 1 spiro atoms. The summed E-state index contributed by atoms with van der Waals surface area (Å²) in [7, 11) is 4.75. The van der Waals surface area contributed by atoms with Gasteiger partial charge in [0, 0.05) is 13.6 Å². The maximum absolute atomic E-state index is 13.4. The van der Waals surface area contributed by atoms with Gasteiger partial charge in [-0.2, -0.15) is 0 Å². The van der Waals surface area contributed by atoms with E-state index in [4.69, 9.17) is 9.47 Å². The molecule has 8 heteroatoms. The summed E-state index contributed by atoms with van der Waals surface area (Å²) in [5.74, 6) is 0.479. The van der Waals surface area contributed by atoms with Gasteiger partial charge in [0.1, 0.15) is 12.1 Å². The topological polar surface area (TPSA) is 88.2 Å². The number of imide groups is 1. The molecule has 0 radical (unpaired) electrons. The van der Waals surface area contributed by atoms with Crippen LogP contribution in [0.1, 0.15) is 29.5 Å². The summed E-state index contributed by atoms with van der Waals surface area (Å²) in [4.78, 5) is 41.5. The van der Waals surface area contributed by atoms with Gasteiger partial charge in [0.25, 0.3) is 5.91 Å². The van der Waals surface area contributed by atoms with E-state index >= 15 is 0 Å². The second kappa shape index (κ2) is 8.53. The molecule has 4 amide bonds. The molecule has 0 aromatic heterocycles. The number of urea groups is 1. The average molecular weight is 437 g/mol. The number of amides is 4. The van der Waals surface area contributed by atoms with Gasteiger partial charge in [-0.15, -0.1) is 0 Å². The van der Waals surface area contributed by atoms with Crippen LogP contribution in [-0.4, -0.2) is 55.5 Å². The van der Waals surface area contributed by atoms with Crippen molar-refractivity contribution in [1.82, 2.24) is 15.1 Å². The van der Waals surface area contributed by atoms with Crippen molar-refractivity contribution in [3.63, 3.8) is 0 Å². The second-order valence-corrected chi connectivity index (χ2v) is 8.18. The van der Waals surface area contributed by atoms with E-state index < -0.39 is 11.6 Å². The largest absolute Gasteiger partial charge is 0.493 e. The minimum Gasteiger partial charge on any atom is -0.493 e. The Bertz CT molecular complexity index is 1070. The fraction of sp³-hybridized carbons (Fsp3) is 0.375. The summed E-state index contributed by atoms with van der Waals surface area (Å²) in [6.07, 6.45) is 2.19. The highest BCUT2D eigenvalue weighted by Gasteiger charge is 2.54. The van der Waals surface area contributed by atoms with Crippen LogP contribution in [-0.2, 0) is 28.1 Å². The van der Waals surface area contributed by atoms with Crippen molar-refractivity contribution in [1.29, 1.82) is 0 Å². The Kier molecular flexibility index (Phi) is 5.78. The quantitative estimate of drug-likeness (QED) is 0.702. The predicted molar refractivity (Wildman–Crippen MR) is 117 cm³/mol. The highest BCUT2D eigenvalue weighted by atomic mass is 16.5. The zero-order valence-electron chi connectivity index (χ0n) is 18.5. The molecule has 1 N–H and O–H groups in total. The molecule has 1 fully saturated rings. The van der Waals surface area contributed by atoms with Crippen LogP contribution in [0.4, 0.5) is 4.79 Å². The molecular formula is C24H27N3O5. The molecule has 8 nitrogen and oxygen atoms in total. The fourth-order valence-electron chi connectivity index (χ4n) is 4.55. The summed E-state index contributed by atoms with van der Waals surface area (Å²) in [5.41, 5.74) is 1.66. The van der Waals surface area contributed by atoms with Gasteiger partial charge >= 0.3 is 6.03 Å². The lowest BCUT2D eigenvalue weighted by Gasteiger charge is -2.33. The second-order valence-electron chi connectivity index (χ2n) is 8.18. The van der Waals surface area contributed by atoms with Crippen LogP contribution in [0.2, 0.25) is 0 Å². The molecule has 168 valence electrons. The first-order valence-corrected chi connectivity index (χ1v) is 10.6. The van der Waals surface area contributed by atoms with Crippen LogP contribution < -0.4 is 14.8 Å². The van der Waals surface area contributed by atoms with Gasteiger partial charge in [-0.3, -0.25) is 14.5 Å². The number of nitrogens with zero attached hydrogens (tertiary/aromatic N) is 2. The number of rotatable bonds is 6. The molecule has 2 aliphatic rings. The molecule has 1 atom stereocenters. The Morgan fingerprint density at radius 2 is 1.88 bits per heavy atom. The Hall–Kier alpha value is -3.55. The molecule has 2 aromatic carbocycles. The van der Waals surface area contributed by atoms with E-state index in [0.29, 0.717) is 24.5 Å². The highest BCUT2D eigenvalue weighted by molar-refractivity contribution is 6.09. The van der Waals surface area contributed by atoms with Crippen molar-refractivity contribution in [2.24, 2.45) is 0 Å². The molecule has 1 aliphatic carbocycles. The number of ether oxygens (including phenoxy) is 2. The average Bonchev–Trinajstić information content (AvgIpc) is 3.03. The van der Waals surface area contributed by atoms with E-state index in [1.807, 2.05) is 30.3 Å². The molecular weight excluding hydrogens is 410 g/mol. The lowest BCUT2D eigenvalue weighted by molar-refractivity contribution is -0.139. The highest BCUT2D eigenvalue weighted by Crippen LogP contribution is 2.39. The van der Waals surface area contributed by atoms with Crippen molar-refractivity contribution >= 4 is 17.8 Å². The number of hydrogen-bond acceptors (Lipinski definition) is 5. The van der Waals surface area contributed by atoms with Crippen LogP contribution in [0.3, 0.4) is 0 Å². The Morgan fingerprint density at radius 1 is 1.12 bits per heavy atom. The Morgan fingerprint density at radius 3 is 2.62 bits per heavy atom. The van der Waals surface area contributed by atoms with Gasteiger partial charge in [0.05, 0.1) is 14.2 Å². The first-order chi connectivity index (χ1) is 15.4. The van der Waals surface area contributed by atoms with E-state index in [-0.39, 0.29) is 18.4 Å². The van der Waals surface area contributed by atoms with Crippen molar-refractivity contribution in [2.75, 3.05) is 27.8 Å². The number of benzene rings is 2. The molecule has 0 saturated carbocycles. The third-order valence-electron chi connectivity index (χ3n) is 6.24. The number of fused-ring (bicyclic) bond motifs is 2. The number of hydrogen-bond donors (Lipinski definition) is 1. The van der Waals surface area contributed by atoms with Gasteiger partial charge in [0.15, 0.2) is 11.5 Å². The zero-order chi connectivity index (χ0) is 22.9. The lowest BCUT2D eigenvalue weighted by Crippen LogP contribution is -2.47. The predicted octanol–water partition coefficient (Wildman–Crippen LogP) is 2.45. The lowest BCUT2D eigenvalue weighted by atomic mass is 9.76. The number of methoxy groups -OCH3 is 2. The minimum absolute atomic E-state index is 0.302. The van der Waals surface area contributed by atoms with Crippen LogP contribution in [0.5, 0.6) is 11.5 Å². The number of nitrogens with one attached hydrogen (secondary N) is 1. The standard InChI is InChI=1S/C24H27N3O5/c1-26(14-16-10-11-19(31-2)20(13-16)32-3)21(28)15-27-22(29)24(25-23(27)30)12-6-8-17-7-4-5-9-18(17)24/h4-5,7,9-11,13H,6,8,12,14-15H2,1-3H3,(H,25,30)/t24-/m0/s1. The van der Waals surface area contributed by atoms with Crippen LogP contribution in [0.15, 0.2) is 42.5 Å². The minimum atomic E-state index is -1.08. The van der Waals surface area contributed by atoms with Crippen molar-refractivity contribution < 1.29 is 23.9 Å². The third kappa shape index (κ3) is 3.66. The summed E-state index contributed by atoms with van der Waals surface area (Å²) in [5, 5.41) is 2.88. The maximum atomic E-state index is 13.4. The smallest absolute Gasteiger partial charge is 0.325 e. The SMILES string of the molecule is COc1ccc(CN(C)C(=O)CN2C(=O)N[C@]3(CCCc4ccccc43)C2=O)cc1OC. The van der Waals surface area contributed by atoms with E-state index in [1.54, 1.807) is 33.4 Å².